The maximum atomic E-state index is 10.7. The fourth-order valence-electron chi connectivity index (χ4n) is 0.714. The number of rotatable bonds is 6. The van der Waals surface area contributed by atoms with Gasteiger partial charge in [0.25, 0.3) is 0 Å². The lowest BCUT2D eigenvalue weighted by molar-refractivity contribution is 0.169. The summed E-state index contributed by atoms with van der Waals surface area (Å²) in [4.78, 5) is 21.0. The standard InChI is InChI=1S/C7H14IN3O3/c8-6(12)14-7(13)11-5-4-10-3-1-2-9/h10H,1-5,9H2,(H,11,13). The number of halogens is 1. The SMILES string of the molecule is NCCCNCCNC(=O)OC(=O)I. The minimum absolute atomic E-state index is 0.424. The average molecular weight is 315 g/mol. The third-order valence-corrected chi connectivity index (χ3v) is 1.52. The summed E-state index contributed by atoms with van der Waals surface area (Å²) in [5.74, 6) is 0. The number of amides is 1. The average Bonchev–Trinajstić information content (AvgIpc) is 2.10. The molecule has 0 aromatic rings. The Morgan fingerprint density at radius 3 is 2.57 bits per heavy atom. The number of carbonyl (C=O) groups excluding carboxylic acids is 2. The fraction of sp³-hybridized carbons (Fsp3) is 0.714. The minimum Gasteiger partial charge on any atom is -0.368 e. The number of ether oxygens (including phenoxy) is 1. The van der Waals surface area contributed by atoms with E-state index in [4.69, 9.17) is 5.73 Å². The molecule has 0 aliphatic rings. The van der Waals surface area contributed by atoms with Crippen molar-refractivity contribution < 1.29 is 14.3 Å². The predicted octanol–water partition coefficient (Wildman–Crippen LogP) is 0.206. The zero-order valence-corrected chi connectivity index (χ0v) is 9.87. The van der Waals surface area contributed by atoms with Gasteiger partial charge in [0.15, 0.2) is 0 Å². The van der Waals surface area contributed by atoms with Gasteiger partial charge in [-0.25, -0.2) is 9.59 Å². The maximum Gasteiger partial charge on any atom is 0.415 e. The van der Waals surface area contributed by atoms with E-state index in [0.717, 1.165) is 13.0 Å². The summed E-state index contributed by atoms with van der Waals surface area (Å²) in [6, 6.07) is 0. The van der Waals surface area contributed by atoms with Crippen molar-refractivity contribution in [1.29, 1.82) is 0 Å². The molecular formula is C7H14IN3O3. The highest BCUT2D eigenvalue weighted by Crippen LogP contribution is 1.90. The topological polar surface area (TPSA) is 93.5 Å². The molecule has 0 saturated heterocycles. The number of nitrogens with two attached hydrogens (primary N) is 1. The lowest BCUT2D eigenvalue weighted by Crippen LogP contribution is -2.33. The van der Waals surface area contributed by atoms with Crippen LogP contribution in [0.5, 0.6) is 0 Å². The van der Waals surface area contributed by atoms with Crippen LogP contribution in [0, 0.1) is 0 Å². The summed E-state index contributed by atoms with van der Waals surface area (Å²) < 4.78 is 3.59. The molecule has 82 valence electrons. The third kappa shape index (κ3) is 9.68. The van der Waals surface area contributed by atoms with Gasteiger partial charge in [-0.15, -0.1) is 0 Å². The van der Waals surface area contributed by atoms with E-state index in [-0.39, 0.29) is 0 Å². The van der Waals surface area contributed by atoms with Crippen molar-refractivity contribution >= 4 is 32.7 Å². The van der Waals surface area contributed by atoms with Crippen molar-refractivity contribution in [1.82, 2.24) is 10.6 Å². The molecule has 0 unspecified atom stereocenters. The Labute approximate surface area is 96.1 Å². The lowest BCUT2D eigenvalue weighted by Gasteiger charge is -2.04. The molecule has 0 aromatic heterocycles. The second kappa shape index (κ2) is 9.16. The van der Waals surface area contributed by atoms with Crippen LogP contribution in [-0.2, 0) is 4.74 Å². The van der Waals surface area contributed by atoms with Crippen molar-refractivity contribution in [2.75, 3.05) is 26.2 Å². The molecule has 0 radical (unpaired) electrons. The van der Waals surface area contributed by atoms with E-state index in [1.165, 1.54) is 22.6 Å². The van der Waals surface area contributed by atoms with Crippen LogP contribution in [0.15, 0.2) is 0 Å². The first-order valence-corrected chi connectivity index (χ1v) is 5.30. The van der Waals surface area contributed by atoms with E-state index < -0.39 is 10.1 Å². The molecular weight excluding hydrogens is 301 g/mol. The summed E-state index contributed by atoms with van der Waals surface area (Å²) in [6.07, 6.45) is 0.182. The summed E-state index contributed by atoms with van der Waals surface area (Å²) in [5, 5.41) is 5.47. The van der Waals surface area contributed by atoms with E-state index in [2.05, 4.69) is 15.4 Å². The van der Waals surface area contributed by atoms with Gasteiger partial charge in [0.05, 0.1) is 22.6 Å². The van der Waals surface area contributed by atoms with Crippen molar-refractivity contribution in [3.63, 3.8) is 0 Å². The van der Waals surface area contributed by atoms with Gasteiger partial charge >= 0.3 is 10.1 Å². The van der Waals surface area contributed by atoms with E-state index in [1.807, 2.05) is 0 Å². The lowest BCUT2D eigenvalue weighted by atomic mass is 10.4. The number of carbonyl (C=O) groups is 2. The first kappa shape index (κ1) is 13.6. The molecule has 0 rings (SSSR count). The van der Waals surface area contributed by atoms with Gasteiger partial charge in [-0.2, -0.15) is 0 Å². The highest BCUT2D eigenvalue weighted by molar-refractivity contribution is 14.1. The van der Waals surface area contributed by atoms with Crippen LogP contribution in [0.25, 0.3) is 0 Å². The first-order chi connectivity index (χ1) is 6.66. The summed E-state index contributed by atoms with van der Waals surface area (Å²) in [7, 11) is 0. The van der Waals surface area contributed by atoms with Crippen molar-refractivity contribution in [2.24, 2.45) is 5.73 Å². The molecule has 4 N–H and O–H groups in total. The van der Waals surface area contributed by atoms with Crippen LogP contribution in [-0.4, -0.2) is 36.2 Å². The molecule has 0 saturated carbocycles. The van der Waals surface area contributed by atoms with Crippen LogP contribution < -0.4 is 16.4 Å². The second-order valence-corrected chi connectivity index (χ2v) is 3.33. The van der Waals surface area contributed by atoms with Crippen molar-refractivity contribution in [3.8, 4) is 0 Å². The fourth-order valence-corrected chi connectivity index (χ4v) is 0.914. The number of hydrogen-bond donors (Lipinski definition) is 3. The van der Waals surface area contributed by atoms with Crippen LogP contribution in [0.4, 0.5) is 9.59 Å². The number of alkyl carbamates (subject to hydrolysis) is 1. The zero-order chi connectivity index (χ0) is 10.8. The van der Waals surface area contributed by atoms with Crippen LogP contribution in [0.1, 0.15) is 6.42 Å². The summed E-state index contributed by atoms with van der Waals surface area (Å²) in [6.45, 7) is 2.52. The van der Waals surface area contributed by atoms with E-state index >= 15 is 0 Å². The third-order valence-electron chi connectivity index (χ3n) is 1.30. The molecule has 1 amide bonds. The molecule has 0 bridgehead atoms. The minimum atomic E-state index is -0.718. The van der Waals surface area contributed by atoms with Gasteiger partial charge in [-0.3, -0.25) is 0 Å². The molecule has 0 aliphatic heterocycles. The molecule has 0 spiro atoms. The van der Waals surface area contributed by atoms with Gasteiger partial charge in [0, 0.05) is 13.1 Å². The number of hydrogen-bond acceptors (Lipinski definition) is 5. The van der Waals surface area contributed by atoms with Gasteiger partial charge in [0.2, 0.25) is 0 Å². The Morgan fingerprint density at radius 2 is 2.00 bits per heavy atom. The molecule has 0 aromatic carbocycles. The highest BCUT2D eigenvalue weighted by Gasteiger charge is 2.04. The second-order valence-electron chi connectivity index (χ2n) is 2.45. The van der Waals surface area contributed by atoms with Crippen molar-refractivity contribution in [3.05, 3.63) is 0 Å². The predicted molar refractivity (Wildman–Crippen MR) is 60.4 cm³/mol. The largest absolute Gasteiger partial charge is 0.415 e. The molecule has 0 atom stereocenters. The summed E-state index contributed by atoms with van der Waals surface area (Å²) >= 11 is 1.39. The highest BCUT2D eigenvalue weighted by atomic mass is 127. The Hall–Kier alpha value is -0.410. The molecule has 0 aliphatic carbocycles. The van der Waals surface area contributed by atoms with E-state index in [0.29, 0.717) is 19.6 Å². The Balaban J connectivity index is 3.19. The van der Waals surface area contributed by atoms with Gasteiger partial charge in [-0.1, -0.05) is 0 Å². The smallest absolute Gasteiger partial charge is 0.368 e. The molecule has 6 nitrogen and oxygen atoms in total. The first-order valence-electron chi connectivity index (χ1n) is 4.22. The maximum absolute atomic E-state index is 10.7. The molecule has 0 heterocycles. The van der Waals surface area contributed by atoms with E-state index in [1.54, 1.807) is 0 Å². The molecule has 0 fully saturated rings. The summed E-state index contributed by atoms with van der Waals surface area (Å²) in [5.41, 5.74) is 5.28. The van der Waals surface area contributed by atoms with Gasteiger partial charge in [0.1, 0.15) is 0 Å². The van der Waals surface area contributed by atoms with Crippen LogP contribution >= 0.6 is 22.6 Å². The Kier molecular flexibility index (Phi) is 8.89. The van der Waals surface area contributed by atoms with Gasteiger partial charge < -0.3 is 21.1 Å². The van der Waals surface area contributed by atoms with Crippen LogP contribution in [0.2, 0.25) is 0 Å². The van der Waals surface area contributed by atoms with E-state index in [9.17, 15) is 9.59 Å². The zero-order valence-electron chi connectivity index (χ0n) is 7.72. The Morgan fingerprint density at radius 1 is 1.29 bits per heavy atom. The van der Waals surface area contributed by atoms with Crippen LogP contribution in [0.3, 0.4) is 0 Å². The quantitative estimate of drug-likeness (QED) is 0.282. The molecule has 14 heavy (non-hydrogen) atoms. The molecule has 7 heteroatoms. The normalized spacial score (nSPS) is 9.57. The Bertz CT molecular complexity index is 189. The monoisotopic (exact) mass is 315 g/mol. The van der Waals surface area contributed by atoms with Gasteiger partial charge in [-0.05, 0) is 19.5 Å². The van der Waals surface area contributed by atoms with Crippen molar-refractivity contribution in [2.45, 2.75) is 6.42 Å². The number of nitrogens with one attached hydrogen (secondary N) is 2.